The number of aromatic nitrogens is 5. The van der Waals surface area contributed by atoms with Crippen LogP contribution in [0.25, 0.3) is 16.9 Å². The van der Waals surface area contributed by atoms with Crippen LogP contribution >= 0.6 is 0 Å². The molecule has 192 valence electrons. The van der Waals surface area contributed by atoms with Gasteiger partial charge >= 0.3 is 5.76 Å². The van der Waals surface area contributed by atoms with Gasteiger partial charge in [0.05, 0.1) is 23.3 Å². The number of nitrogens with zero attached hydrogens (tertiary/aromatic N) is 7. The van der Waals surface area contributed by atoms with Crippen LogP contribution in [0.15, 0.2) is 59.8 Å². The molecule has 0 unspecified atom stereocenters. The summed E-state index contributed by atoms with van der Waals surface area (Å²) in [5.41, 5.74) is 1.39. The second-order valence-electron chi connectivity index (χ2n) is 8.15. The number of fused-ring (bicyclic) bond motifs is 1. The van der Waals surface area contributed by atoms with Gasteiger partial charge in [-0.3, -0.25) is 4.79 Å². The highest BCUT2D eigenvalue weighted by molar-refractivity contribution is 7.91. The zero-order valence-electron chi connectivity index (χ0n) is 19.5. The topological polar surface area (TPSA) is 123 Å². The molecule has 3 heterocycles. The molecule has 1 saturated heterocycles. The number of piperazine rings is 1. The lowest BCUT2D eigenvalue weighted by Crippen LogP contribution is -2.49. The molecule has 2 aromatic carbocycles. The molecule has 0 radical (unpaired) electrons. The maximum Gasteiger partial charge on any atom is 0.341 e. The number of hydrogen-bond donors (Lipinski definition) is 0. The monoisotopic (exact) mass is 529 g/mol. The summed E-state index contributed by atoms with van der Waals surface area (Å²) in [6, 6.07) is 12.3. The Kier molecular flexibility index (Phi) is 6.41. The number of hydrogen-bond acceptors (Lipinski definition) is 9. The third-order valence-electron chi connectivity index (χ3n) is 6.04. The first-order valence-electron chi connectivity index (χ1n) is 11.2. The van der Waals surface area contributed by atoms with Crippen molar-refractivity contribution in [1.82, 2.24) is 29.9 Å². The molecule has 0 N–H and O–H groups in total. The van der Waals surface area contributed by atoms with Crippen molar-refractivity contribution >= 4 is 32.7 Å². The van der Waals surface area contributed by atoms with E-state index in [1.165, 1.54) is 29.4 Å². The van der Waals surface area contributed by atoms with Crippen molar-refractivity contribution in [2.24, 2.45) is 0 Å². The van der Waals surface area contributed by atoms with Crippen molar-refractivity contribution < 1.29 is 26.7 Å². The Hall–Kier alpha value is -4.20. The summed E-state index contributed by atoms with van der Waals surface area (Å²) in [7, 11) is -3.36. The smallest absolute Gasteiger partial charge is 0.341 e. The summed E-state index contributed by atoms with van der Waals surface area (Å²) in [5.74, 6) is -3.06. The minimum atomic E-state index is -4.93. The van der Waals surface area contributed by atoms with Crippen molar-refractivity contribution in [3.63, 3.8) is 0 Å². The van der Waals surface area contributed by atoms with Crippen molar-refractivity contribution in [2.45, 2.75) is 10.7 Å². The van der Waals surface area contributed by atoms with E-state index in [1.807, 2.05) is 23.1 Å². The van der Waals surface area contributed by atoms with Gasteiger partial charge in [0, 0.05) is 32.2 Å². The average molecular weight is 530 g/mol. The van der Waals surface area contributed by atoms with Crippen molar-refractivity contribution in [3.05, 3.63) is 60.4 Å². The molecule has 0 atom stereocenters. The second-order valence-corrected chi connectivity index (χ2v) is 10.0. The Morgan fingerprint density at radius 2 is 1.78 bits per heavy atom. The van der Waals surface area contributed by atoms with E-state index in [2.05, 4.69) is 20.3 Å². The summed E-state index contributed by atoms with van der Waals surface area (Å²) in [6.07, 6.45) is 1.40. The largest absolute Gasteiger partial charge is 0.497 e. The first kappa shape index (κ1) is 24.5. The van der Waals surface area contributed by atoms with Crippen LogP contribution in [0.3, 0.4) is 0 Å². The van der Waals surface area contributed by atoms with Gasteiger partial charge in [-0.05, 0) is 24.3 Å². The maximum absolute atomic E-state index is 13.1. The van der Waals surface area contributed by atoms with E-state index in [1.54, 1.807) is 17.9 Å². The van der Waals surface area contributed by atoms with E-state index in [0.717, 1.165) is 6.07 Å². The molecular formula is C23H21F2N7O4S. The minimum Gasteiger partial charge on any atom is -0.497 e. The van der Waals surface area contributed by atoms with E-state index in [0.29, 0.717) is 41.5 Å². The van der Waals surface area contributed by atoms with Gasteiger partial charge in [0.1, 0.15) is 12.1 Å². The van der Waals surface area contributed by atoms with Crippen LogP contribution in [0.2, 0.25) is 0 Å². The zero-order valence-corrected chi connectivity index (χ0v) is 20.3. The highest BCUT2D eigenvalue weighted by Crippen LogP contribution is 2.27. The van der Waals surface area contributed by atoms with Crippen LogP contribution in [0.1, 0.15) is 10.4 Å². The lowest BCUT2D eigenvalue weighted by atomic mass is 10.2. The molecule has 14 heteroatoms. The van der Waals surface area contributed by atoms with Crippen LogP contribution in [-0.2, 0) is 9.84 Å². The number of ether oxygens (including phenoxy) is 1. The normalized spacial score (nSPS) is 14.4. The van der Waals surface area contributed by atoms with Crippen LogP contribution < -0.4 is 9.64 Å². The third-order valence-corrected chi connectivity index (χ3v) is 7.48. The van der Waals surface area contributed by atoms with Crippen LogP contribution in [0.4, 0.5) is 14.6 Å². The molecule has 1 fully saturated rings. The van der Waals surface area contributed by atoms with Crippen molar-refractivity contribution in [3.8, 4) is 11.4 Å². The highest BCUT2D eigenvalue weighted by atomic mass is 32.2. The Morgan fingerprint density at radius 1 is 1.03 bits per heavy atom. The lowest BCUT2D eigenvalue weighted by Gasteiger charge is -2.35. The lowest BCUT2D eigenvalue weighted by molar-refractivity contribution is 0.0742. The Labute approximate surface area is 210 Å². The highest BCUT2D eigenvalue weighted by Gasteiger charge is 2.33. The molecule has 0 bridgehead atoms. The number of anilines is 1. The summed E-state index contributed by atoms with van der Waals surface area (Å²) in [4.78, 5) is 24.5. The fraction of sp³-hybridized carbons (Fsp3) is 0.261. The quantitative estimate of drug-likeness (QED) is 0.370. The Bertz CT molecular complexity index is 1570. The van der Waals surface area contributed by atoms with Crippen LogP contribution in [-0.4, -0.2) is 83.2 Å². The third kappa shape index (κ3) is 4.43. The first-order valence-corrected chi connectivity index (χ1v) is 12.7. The van der Waals surface area contributed by atoms with Gasteiger partial charge in [-0.25, -0.2) is 18.4 Å². The van der Waals surface area contributed by atoms with E-state index in [-0.39, 0.29) is 18.7 Å². The molecule has 1 aliphatic rings. The standard InChI is InChI=1S/C23H21F2N7O4S/c1-36-16-6-4-5-15(13-16)32-21-19(28-29-32)20(26-14-27-21)30-9-11-31(12-10-30)22(33)17-7-2-3-8-18(17)37(34,35)23(24)25/h2-8,13-14,23H,9-12H2,1H3. The Balaban J connectivity index is 1.37. The van der Waals surface area contributed by atoms with E-state index in [9.17, 15) is 22.0 Å². The van der Waals surface area contributed by atoms with Gasteiger partial charge < -0.3 is 14.5 Å². The number of sulfone groups is 1. The van der Waals surface area contributed by atoms with Gasteiger partial charge in [-0.1, -0.05) is 23.4 Å². The van der Waals surface area contributed by atoms with Gasteiger partial charge in [0.25, 0.3) is 5.91 Å². The SMILES string of the molecule is COc1cccc(-n2nnc3c(N4CCN(C(=O)c5ccccc5S(=O)(=O)C(F)F)CC4)ncnc32)c1. The number of methoxy groups -OCH3 is 1. The van der Waals surface area contributed by atoms with Crippen molar-refractivity contribution in [1.29, 1.82) is 0 Å². The second kappa shape index (κ2) is 9.69. The number of alkyl halides is 2. The molecule has 11 nitrogen and oxygen atoms in total. The van der Waals surface area contributed by atoms with E-state index >= 15 is 0 Å². The van der Waals surface area contributed by atoms with Gasteiger partial charge in [0.15, 0.2) is 17.0 Å². The summed E-state index contributed by atoms with van der Waals surface area (Å²) < 4.78 is 57.3. The van der Waals surface area contributed by atoms with Gasteiger partial charge in [-0.15, -0.1) is 5.10 Å². The van der Waals surface area contributed by atoms with Crippen molar-refractivity contribution in [2.75, 3.05) is 38.2 Å². The summed E-state index contributed by atoms with van der Waals surface area (Å²) in [6.45, 7) is 1.15. The molecule has 37 heavy (non-hydrogen) atoms. The predicted octanol–water partition coefficient (Wildman–Crippen LogP) is 2.18. The molecule has 4 aromatic rings. The first-order chi connectivity index (χ1) is 17.8. The number of rotatable bonds is 6. The Morgan fingerprint density at radius 3 is 2.51 bits per heavy atom. The summed E-state index contributed by atoms with van der Waals surface area (Å²) >= 11 is 0. The fourth-order valence-corrected chi connectivity index (χ4v) is 5.09. The molecule has 1 amide bonds. The molecule has 0 aliphatic carbocycles. The minimum absolute atomic E-state index is 0.220. The maximum atomic E-state index is 13.1. The molecular weight excluding hydrogens is 508 g/mol. The van der Waals surface area contributed by atoms with Crippen LogP contribution in [0.5, 0.6) is 5.75 Å². The number of carbonyl (C=O) groups is 1. The number of carbonyl (C=O) groups excluding carboxylic acids is 1. The zero-order chi connectivity index (χ0) is 26.2. The molecule has 0 saturated carbocycles. The van der Waals surface area contributed by atoms with E-state index < -0.39 is 26.4 Å². The molecule has 2 aromatic heterocycles. The number of amides is 1. The summed E-state index contributed by atoms with van der Waals surface area (Å²) in [5, 5.41) is 8.50. The van der Waals surface area contributed by atoms with Crippen LogP contribution in [0, 0.1) is 0 Å². The van der Waals surface area contributed by atoms with Gasteiger partial charge in [0.2, 0.25) is 9.84 Å². The predicted molar refractivity (Wildman–Crippen MR) is 129 cm³/mol. The fourth-order valence-electron chi connectivity index (χ4n) is 4.16. The molecule has 1 aliphatic heterocycles. The van der Waals surface area contributed by atoms with E-state index in [4.69, 9.17) is 4.74 Å². The van der Waals surface area contributed by atoms with Gasteiger partial charge in [-0.2, -0.15) is 13.5 Å². The number of halogens is 2. The average Bonchev–Trinajstić information content (AvgIpc) is 3.37. The molecule has 0 spiro atoms. The molecule has 5 rings (SSSR count). The number of benzene rings is 2.